The molecule has 0 radical (unpaired) electrons. The smallest absolute Gasteiger partial charge is 0.137 e. The number of carbonyl (C=O) groups is 1. The van der Waals surface area contributed by atoms with E-state index in [2.05, 4.69) is 18.0 Å². The number of Topliss-reactive ketones (excluding diaryl/α,β-unsaturated/α-hetero) is 1. The lowest BCUT2D eigenvalue weighted by Crippen LogP contribution is -2.27. The highest BCUT2D eigenvalue weighted by Crippen LogP contribution is 2.22. The molecule has 1 saturated carbocycles. The van der Waals surface area contributed by atoms with Crippen LogP contribution in [0, 0.1) is 5.92 Å². The van der Waals surface area contributed by atoms with Crippen molar-refractivity contribution in [1.29, 1.82) is 0 Å². The van der Waals surface area contributed by atoms with E-state index in [-0.39, 0.29) is 5.92 Å². The summed E-state index contributed by atoms with van der Waals surface area (Å²) in [6, 6.07) is 7.89. The molecule has 0 amide bonds. The van der Waals surface area contributed by atoms with Crippen LogP contribution in [0.1, 0.15) is 24.8 Å². The number of nitrogens with zero attached hydrogens (tertiary/aromatic N) is 1. The Kier molecular flexibility index (Phi) is 4.19. The predicted molar refractivity (Wildman–Crippen MR) is 70.1 cm³/mol. The zero-order valence-corrected chi connectivity index (χ0v) is 10.9. The quantitative estimate of drug-likeness (QED) is 0.820. The molecule has 92 valence electrons. The van der Waals surface area contributed by atoms with Gasteiger partial charge in [0.2, 0.25) is 0 Å². The summed E-state index contributed by atoms with van der Waals surface area (Å²) in [5, 5.41) is 0.771. The average molecular weight is 252 g/mol. The standard InChI is InChI=1S/C14H18ClNO/c1-16(10-12-5-3-7-14(12)17)9-11-4-2-6-13(15)8-11/h2,4,6,8,12H,3,5,7,9-10H2,1H3. The first kappa shape index (κ1) is 12.6. The second-order valence-corrected chi connectivity index (χ2v) is 5.32. The molecule has 1 fully saturated rings. The van der Waals surface area contributed by atoms with Gasteiger partial charge in [-0.05, 0) is 37.6 Å². The van der Waals surface area contributed by atoms with Gasteiger partial charge in [0.05, 0.1) is 0 Å². The molecule has 0 bridgehead atoms. The van der Waals surface area contributed by atoms with Crippen LogP contribution in [0.4, 0.5) is 0 Å². The van der Waals surface area contributed by atoms with E-state index < -0.39 is 0 Å². The highest BCUT2D eigenvalue weighted by Gasteiger charge is 2.25. The topological polar surface area (TPSA) is 20.3 Å². The minimum absolute atomic E-state index is 0.249. The highest BCUT2D eigenvalue weighted by atomic mass is 35.5. The summed E-state index contributed by atoms with van der Waals surface area (Å²) in [6.07, 6.45) is 2.89. The van der Waals surface area contributed by atoms with Crippen molar-refractivity contribution >= 4 is 17.4 Å². The maximum Gasteiger partial charge on any atom is 0.137 e. The van der Waals surface area contributed by atoms with Gasteiger partial charge in [-0.15, -0.1) is 0 Å². The van der Waals surface area contributed by atoms with E-state index >= 15 is 0 Å². The van der Waals surface area contributed by atoms with Crippen molar-refractivity contribution in [3.8, 4) is 0 Å². The van der Waals surface area contributed by atoms with Gasteiger partial charge in [-0.1, -0.05) is 23.7 Å². The number of hydrogen-bond acceptors (Lipinski definition) is 2. The van der Waals surface area contributed by atoms with Gasteiger partial charge in [0.15, 0.2) is 0 Å². The third-order valence-electron chi connectivity index (χ3n) is 3.30. The van der Waals surface area contributed by atoms with Crippen LogP contribution in [0.15, 0.2) is 24.3 Å². The third kappa shape index (κ3) is 3.55. The molecule has 2 rings (SSSR count). The highest BCUT2D eigenvalue weighted by molar-refractivity contribution is 6.30. The molecule has 3 heteroatoms. The van der Waals surface area contributed by atoms with E-state index in [0.29, 0.717) is 5.78 Å². The van der Waals surface area contributed by atoms with Gasteiger partial charge < -0.3 is 4.90 Å². The first-order valence-corrected chi connectivity index (χ1v) is 6.48. The van der Waals surface area contributed by atoms with Crippen LogP contribution in [0.5, 0.6) is 0 Å². The molecule has 1 unspecified atom stereocenters. The molecular formula is C14H18ClNO. The zero-order chi connectivity index (χ0) is 12.3. The Bertz CT molecular complexity index is 405. The molecule has 0 heterocycles. The van der Waals surface area contributed by atoms with Crippen LogP contribution in [-0.2, 0) is 11.3 Å². The molecule has 0 saturated heterocycles. The molecule has 1 aliphatic carbocycles. The van der Waals surface area contributed by atoms with E-state index in [1.165, 1.54) is 5.56 Å². The number of benzene rings is 1. The maximum atomic E-state index is 11.6. The Balaban J connectivity index is 1.88. The number of ketones is 1. The second-order valence-electron chi connectivity index (χ2n) is 4.88. The van der Waals surface area contributed by atoms with E-state index in [1.807, 2.05) is 18.2 Å². The fraction of sp³-hybridized carbons (Fsp3) is 0.500. The minimum atomic E-state index is 0.249. The maximum absolute atomic E-state index is 11.6. The molecule has 0 spiro atoms. The lowest BCUT2D eigenvalue weighted by molar-refractivity contribution is -0.121. The zero-order valence-electron chi connectivity index (χ0n) is 10.2. The molecule has 0 N–H and O–H groups in total. The Morgan fingerprint density at radius 1 is 1.47 bits per heavy atom. The molecule has 17 heavy (non-hydrogen) atoms. The molecule has 1 atom stereocenters. The van der Waals surface area contributed by atoms with Crippen LogP contribution in [0.3, 0.4) is 0 Å². The Hall–Kier alpha value is -0.860. The fourth-order valence-electron chi connectivity index (χ4n) is 2.47. The van der Waals surface area contributed by atoms with Crippen molar-refractivity contribution < 1.29 is 4.79 Å². The molecule has 1 aliphatic rings. The summed E-state index contributed by atoms with van der Waals surface area (Å²) in [6.45, 7) is 1.72. The lowest BCUT2D eigenvalue weighted by atomic mass is 10.1. The van der Waals surface area contributed by atoms with E-state index in [9.17, 15) is 4.79 Å². The molecular weight excluding hydrogens is 234 g/mol. The summed E-state index contributed by atoms with van der Waals surface area (Å²) in [5.41, 5.74) is 1.20. The van der Waals surface area contributed by atoms with Gasteiger partial charge in [-0.25, -0.2) is 0 Å². The van der Waals surface area contributed by atoms with E-state index in [1.54, 1.807) is 0 Å². The van der Waals surface area contributed by atoms with Crippen molar-refractivity contribution in [2.45, 2.75) is 25.8 Å². The van der Waals surface area contributed by atoms with Crippen LogP contribution in [0.2, 0.25) is 5.02 Å². The predicted octanol–water partition coefficient (Wildman–Crippen LogP) is 3.14. The van der Waals surface area contributed by atoms with Crippen LogP contribution in [0.25, 0.3) is 0 Å². The van der Waals surface area contributed by atoms with Gasteiger partial charge in [-0.3, -0.25) is 4.79 Å². The summed E-state index contributed by atoms with van der Waals surface area (Å²) in [7, 11) is 2.06. The Labute approximate surface area is 108 Å². The number of carbonyl (C=O) groups excluding carboxylic acids is 1. The first-order valence-electron chi connectivity index (χ1n) is 6.11. The first-order chi connectivity index (χ1) is 8.15. The van der Waals surface area contributed by atoms with Crippen LogP contribution >= 0.6 is 11.6 Å². The molecule has 1 aromatic carbocycles. The summed E-state index contributed by atoms with van der Waals surface area (Å²) in [4.78, 5) is 13.8. The molecule has 0 aromatic heterocycles. The monoisotopic (exact) mass is 251 g/mol. The second kappa shape index (κ2) is 5.65. The Morgan fingerprint density at radius 3 is 2.94 bits per heavy atom. The van der Waals surface area contributed by atoms with E-state index in [0.717, 1.165) is 37.4 Å². The number of halogens is 1. The average Bonchev–Trinajstić information content (AvgIpc) is 2.64. The third-order valence-corrected chi connectivity index (χ3v) is 3.54. The van der Waals surface area contributed by atoms with Crippen molar-refractivity contribution in [3.05, 3.63) is 34.9 Å². The normalized spacial score (nSPS) is 20.2. The fourth-order valence-corrected chi connectivity index (χ4v) is 2.68. The lowest BCUT2D eigenvalue weighted by Gasteiger charge is -2.20. The Morgan fingerprint density at radius 2 is 2.29 bits per heavy atom. The van der Waals surface area contributed by atoms with Gasteiger partial charge in [-0.2, -0.15) is 0 Å². The van der Waals surface area contributed by atoms with Gasteiger partial charge >= 0.3 is 0 Å². The molecule has 1 aromatic rings. The largest absolute Gasteiger partial charge is 0.301 e. The van der Waals surface area contributed by atoms with E-state index in [4.69, 9.17) is 11.6 Å². The number of hydrogen-bond donors (Lipinski definition) is 0. The van der Waals surface area contributed by atoms with Crippen molar-refractivity contribution in [2.75, 3.05) is 13.6 Å². The number of rotatable bonds is 4. The summed E-state index contributed by atoms with van der Waals surface area (Å²) < 4.78 is 0. The summed E-state index contributed by atoms with van der Waals surface area (Å²) >= 11 is 5.95. The van der Waals surface area contributed by atoms with Crippen molar-refractivity contribution in [1.82, 2.24) is 4.90 Å². The molecule has 2 nitrogen and oxygen atoms in total. The minimum Gasteiger partial charge on any atom is -0.301 e. The van der Waals surface area contributed by atoms with Gasteiger partial charge in [0.25, 0.3) is 0 Å². The van der Waals surface area contributed by atoms with Gasteiger partial charge in [0, 0.05) is 30.5 Å². The van der Waals surface area contributed by atoms with Crippen molar-refractivity contribution in [3.63, 3.8) is 0 Å². The van der Waals surface area contributed by atoms with Gasteiger partial charge in [0.1, 0.15) is 5.78 Å². The molecule has 0 aliphatic heterocycles. The summed E-state index contributed by atoms with van der Waals surface area (Å²) in [5.74, 6) is 0.683. The van der Waals surface area contributed by atoms with Crippen LogP contribution < -0.4 is 0 Å². The van der Waals surface area contributed by atoms with Crippen LogP contribution in [-0.4, -0.2) is 24.3 Å². The van der Waals surface area contributed by atoms with Crippen molar-refractivity contribution in [2.24, 2.45) is 5.92 Å². The SMILES string of the molecule is CN(Cc1cccc(Cl)c1)CC1CCCC1=O.